The van der Waals surface area contributed by atoms with Crippen molar-refractivity contribution >= 4 is 29.1 Å². The molecule has 21 heavy (non-hydrogen) atoms. The van der Waals surface area contributed by atoms with Gasteiger partial charge in [0.2, 0.25) is 11.8 Å². The van der Waals surface area contributed by atoms with E-state index < -0.39 is 0 Å². The monoisotopic (exact) mass is 307 g/mol. The zero-order valence-electron chi connectivity index (χ0n) is 11.7. The van der Waals surface area contributed by atoms with Crippen molar-refractivity contribution in [1.29, 1.82) is 0 Å². The largest absolute Gasteiger partial charge is 0.337 e. The van der Waals surface area contributed by atoms with Gasteiger partial charge >= 0.3 is 0 Å². The van der Waals surface area contributed by atoms with E-state index in [9.17, 15) is 9.59 Å². The molecule has 2 amide bonds. The summed E-state index contributed by atoms with van der Waals surface area (Å²) in [6, 6.07) is 7.13. The number of carbonyl (C=O) groups excluding carboxylic acids is 2. The lowest BCUT2D eigenvalue weighted by Crippen LogP contribution is -2.50. The van der Waals surface area contributed by atoms with E-state index >= 15 is 0 Å². The second kappa shape index (κ2) is 7.24. The lowest BCUT2D eigenvalue weighted by atomic mass is 10.3. The molecule has 1 saturated heterocycles. The number of halogens is 1. The van der Waals surface area contributed by atoms with Crippen LogP contribution < -0.4 is 5.32 Å². The quantitative estimate of drug-likeness (QED) is 0.860. The molecule has 1 aromatic carbocycles. The fraction of sp³-hybridized carbons (Fsp3) is 0.333. The molecular weight excluding hydrogens is 290 g/mol. The minimum absolute atomic E-state index is 0.0600. The Morgan fingerprint density at radius 2 is 1.90 bits per heavy atom. The number of para-hydroxylation sites is 1. The molecule has 1 N–H and O–H groups in total. The summed E-state index contributed by atoms with van der Waals surface area (Å²) in [7, 11) is 0. The molecule has 0 aliphatic carbocycles. The smallest absolute Gasteiger partial charge is 0.246 e. The Bertz CT molecular complexity index is 539. The number of hydrogen-bond donors (Lipinski definition) is 1. The zero-order chi connectivity index (χ0) is 15.2. The van der Waals surface area contributed by atoms with Gasteiger partial charge in [-0.05, 0) is 18.2 Å². The summed E-state index contributed by atoms with van der Waals surface area (Å²) in [6.07, 6.45) is 1.32. The van der Waals surface area contributed by atoms with Crippen LogP contribution in [0.1, 0.15) is 0 Å². The third-order valence-corrected chi connectivity index (χ3v) is 3.70. The maximum absolute atomic E-state index is 12.0. The van der Waals surface area contributed by atoms with Crippen LogP contribution in [-0.2, 0) is 9.59 Å². The third kappa shape index (κ3) is 4.31. The highest BCUT2D eigenvalue weighted by Crippen LogP contribution is 2.20. The average molecular weight is 308 g/mol. The van der Waals surface area contributed by atoms with E-state index in [4.69, 9.17) is 11.6 Å². The molecule has 0 unspecified atom stereocenters. The Hall–Kier alpha value is -1.85. The SMILES string of the molecule is C=CC(=O)N1CCN(CC(=O)Nc2ccccc2Cl)CC1. The number of nitrogens with one attached hydrogen (secondary N) is 1. The van der Waals surface area contributed by atoms with Gasteiger partial charge in [0.15, 0.2) is 0 Å². The first-order valence-corrected chi connectivity index (χ1v) is 7.16. The number of amides is 2. The lowest BCUT2D eigenvalue weighted by molar-refractivity contribution is -0.128. The Labute approximate surface area is 129 Å². The van der Waals surface area contributed by atoms with Crippen molar-refractivity contribution in [1.82, 2.24) is 9.80 Å². The Balaban J connectivity index is 1.81. The van der Waals surface area contributed by atoms with Gasteiger partial charge in [-0.2, -0.15) is 0 Å². The second-order valence-corrected chi connectivity index (χ2v) is 5.24. The number of piperazine rings is 1. The number of rotatable bonds is 4. The predicted molar refractivity (Wildman–Crippen MR) is 83.3 cm³/mol. The van der Waals surface area contributed by atoms with Crippen LogP contribution in [0.25, 0.3) is 0 Å². The van der Waals surface area contributed by atoms with Gasteiger partial charge in [0.25, 0.3) is 0 Å². The van der Waals surface area contributed by atoms with Crippen LogP contribution in [0.5, 0.6) is 0 Å². The van der Waals surface area contributed by atoms with Crippen LogP contribution in [0.15, 0.2) is 36.9 Å². The van der Waals surface area contributed by atoms with Crippen LogP contribution in [0, 0.1) is 0 Å². The highest BCUT2D eigenvalue weighted by Gasteiger charge is 2.21. The van der Waals surface area contributed by atoms with Gasteiger partial charge in [-0.15, -0.1) is 0 Å². The molecule has 0 saturated carbocycles. The van der Waals surface area contributed by atoms with Crippen LogP contribution in [0.3, 0.4) is 0 Å². The van der Waals surface area contributed by atoms with Gasteiger partial charge in [-0.25, -0.2) is 0 Å². The van der Waals surface area contributed by atoms with Gasteiger partial charge in [0.05, 0.1) is 17.3 Å². The van der Waals surface area contributed by atoms with E-state index in [1.165, 1.54) is 6.08 Å². The van der Waals surface area contributed by atoms with E-state index in [0.717, 1.165) is 0 Å². The summed E-state index contributed by atoms with van der Waals surface area (Å²) >= 11 is 6.00. The minimum Gasteiger partial charge on any atom is -0.337 e. The summed E-state index contributed by atoms with van der Waals surface area (Å²) in [6.45, 7) is 6.35. The van der Waals surface area contributed by atoms with E-state index in [-0.39, 0.29) is 11.8 Å². The first-order valence-electron chi connectivity index (χ1n) is 6.78. The van der Waals surface area contributed by atoms with Gasteiger partial charge in [-0.1, -0.05) is 30.3 Å². The molecule has 1 fully saturated rings. The average Bonchev–Trinajstić information content (AvgIpc) is 2.49. The fourth-order valence-corrected chi connectivity index (χ4v) is 2.39. The fourth-order valence-electron chi connectivity index (χ4n) is 2.21. The molecule has 0 aromatic heterocycles. The van der Waals surface area contributed by atoms with E-state index in [0.29, 0.717) is 43.4 Å². The standard InChI is InChI=1S/C15H18ClN3O2/c1-2-15(21)19-9-7-18(8-10-19)11-14(20)17-13-6-4-3-5-12(13)16/h2-6H,1,7-11H2,(H,17,20). The van der Waals surface area contributed by atoms with Crippen molar-refractivity contribution in [3.8, 4) is 0 Å². The minimum atomic E-state index is -0.105. The van der Waals surface area contributed by atoms with E-state index in [1.807, 2.05) is 17.0 Å². The van der Waals surface area contributed by atoms with Crippen molar-refractivity contribution in [2.45, 2.75) is 0 Å². The maximum atomic E-state index is 12.0. The van der Waals surface area contributed by atoms with Crippen molar-refractivity contribution in [2.75, 3.05) is 38.0 Å². The molecular formula is C15H18ClN3O2. The number of benzene rings is 1. The van der Waals surface area contributed by atoms with Gasteiger partial charge in [0, 0.05) is 26.2 Å². The molecule has 0 spiro atoms. The molecule has 1 aromatic rings. The molecule has 0 bridgehead atoms. The maximum Gasteiger partial charge on any atom is 0.246 e. The first kappa shape index (κ1) is 15.5. The van der Waals surface area contributed by atoms with E-state index in [2.05, 4.69) is 11.9 Å². The molecule has 1 heterocycles. The normalized spacial score (nSPS) is 15.6. The van der Waals surface area contributed by atoms with E-state index in [1.54, 1.807) is 17.0 Å². The number of carbonyl (C=O) groups is 2. The summed E-state index contributed by atoms with van der Waals surface area (Å²) in [4.78, 5) is 27.2. The first-order chi connectivity index (χ1) is 10.1. The van der Waals surface area contributed by atoms with Crippen molar-refractivity contribution in [2.24, 2.45) is 0 Å². The predicted octanol–water partition coefficient (Wildman–Crippen LogP) is 1.61. The summed E-state index contributed by atoms with van der Waals surface area (Å²) in [5, 5.41) is 3.31. The van der Waals surface area contributed by atoms with Crippen LogP contribution in [0.4, 0.5) is 5.69 Å². The molecule has 0 atom stereocenters. The van der Waals surface area contributed by atoms with Gasteiger partial charge < -0.3 is 10.2 Å². The summed E-state index contributed by atoms with van der Waals surface area (Å²) in [5.41, 5.74) is 0.615. The van der Waals surface area contributed by atoms with Crippen molar-refractivity contribution in [3.05, 3.63) is 41.9 Å². The summed E-state index contributed by atoms with van der Waals surface area (Å²) < 4.78 is 0. The Kier molecular flexibility index (Phi) is 5.36. The van der Waals surface area contributed by atoms with Gasteiger partial charge in [-0.3, -0.25) is 14.5 Å². The van der Waals surface area contributed by atoms with Crippen molar-refractivity contribution < 1.29 is 9.59 Å². The molecule has 6 heteroatoms. The topological polar surface area (TPSA) is 52.7 Å². The number of hydrogen-bond acceptors (Lipinski definition) is 3. The molecule has 112 valence electrons. The highest BCUT2D eigenvalue weighted by atomic mass is 35.5. The number of anilines is 1. The molecule has 2 rings (SSSR count). The highest BCUT2D eigenvalue weighted by molar-refractivity contribution is 6.33. The zero-order valence-corrected chi connectivity index (χ0v) is 12.5. The third-order valence-electron chi connectivity index (χ3n) is 3.37. The van der Waals surface area contributed by atoms with Crippen LogP contribution in [0.2, 0.25) is 5.02 Å². The molecule has 1 aliphatic heterocycles. The van der Waals surface area contributed by atoms with Crippen LogP contribution in [-0.4, -0.2) is 54.3 Å². The Morgan fingerprint density at radius 1 is 1.24 bits per heavy atom. The Morgan fingerprint density at radius 3 is 2.52 bits per heavy atom. The number of nitrogens with zero attached hydrogens (tertiary/aromatic N) is 2. The summed E-state index contributed by atoms with van der Waals surface area (Å²) in [5.74, 6) is -0.165. The molecule has 5 nitrogen and oxygen atoms in total. The van der Waals surface area contributed by atoms with Crippen molar-refractivity contribution in [3.63, 3.8) is 0 Å². The molecule has 0 radical (unpaired) electrons. The second-order valence-electron chi connectivity index (χ2n) is 4.83. The van der Waals surface area contributed by atoms with Gasteiger partial charge in [0.1, 0.15) is 0 Å². The van der Waals surface area contributed by atoms with Crippen LogP contribution >= 0.6 is 11.6 Å². The molecule has 1 aliphatic rings. The lowest BCUT2D eigenvalue weighted by Gasteiger charge is -2.33.